The van der Waals surface area contributed by atoms with Gasteiger partial charge >= 0.3 is 0 Å². The Bertz CT molecular complexity index is 1540. The Balaban J connectivity index is 1.44. The van der Waals surface area contributed by atoms with Crippen molar-refractivity contribution >= 4 is 44.5 Å². The lowest BCUT2D eigenvalue weighted by Crippen LogP contribution is -2.32. The predicted octanol–water partition coefficient (Wildman–Crippen LogP) is 6.94. The molecule has 0 saturated carbocycles. The molecule has 1 amide bonds. The molecule has 8 heteroatoms. The molecule has 0 spiro atoms. The number of imidazole rings is 1. The number of rotatable bonds is 9. The number of hydrogen-bond donors (Lipinski definition) is 1. The molecule has 0 radical (unpaired) electrons. The SMILES string of the molecule is CCCCc1nc2ccccc2n1Cc1ccc(-c2ccsc2N(C(=O)c2ccccc2)S(=O)O)cc1. The molecule has 0 saturated heterocycles. The maximum atomic E-state index is 13.1. The van der Waals surface area contributed by atoms with Gasteiger partial charge in [0.05, 0.1) is 11.0 Å². The largest absolute Gasteiger partial charge is 0.323 e. The minimum atomic E-state index is -2.51. The molecule has 1 N–H and O–H groups in total. The maximum absolute atomic E-state index is 13.1. The molecule has 0 aliphatic heterocycles. The zero-order valence-electron chi connectivity index (χ0n) is 20.4. The molecule has 0 aliphatic rings. The van der Waals surface area contributed by atoms with E-state index in [-0.39, 0.29) is 0 Å². The zero-order chi connectivity index (χ0) is 25.8. The standard InChI is InChI=1S/C29H27N3O3S2/c1-2-3-13-27-30-25-11-7-8-12-26(25)31(27)20-21-14-16-22(17-15-21)24-18-19-36-29(24)32(37(34)35)28(33)23-9-5-4-6-10-23/h4-12,14-19H,2-3,13,20H2,1H3,(H,34,35). The van der Waals surface area contributed by atoms with Gasteiger partial charge in [-0.25, -0.2) is 9.19 Å². The molecule has 1 atom stereocenters. The molecule has 0 fully saturated rings. The Morgan fingerprint density at radius 2 is 1.73 bits per heavy atom. The second-order valence-corrected chi connectivity index (χ2v) is 10.5. The van der Waals surface area contributed by atoms with Crippen molar-refractivity contribution in [3.8, 4) is 11.1 Å². The minimum absolute atomic E-state index is 0.353. The van der Waals surface area contributed by atoms with Crippen LogP contribution in [0, 0.1) is 0 Å². The Morgan fingerprint density at radius 3 is 2.46 bits per heavy atom. The van der Waals surface area contributed by atoms with Crippen molar-refractivity contribution in [2.45, 2.75) is 32.7 Å². The summed E-state index contributed by atoms with van der Waals surface area (Å²) >= 11 is -1.25. The first-order chi connectivity index (χ1) is 18.1. The first kappa shape index (κ1) is 25.1. The van der Waals surface area contributed by atoms with Crippen molar-refractivity contribution in [2.75, 3.05) is 4.31 Å². The molecule has 188 valence electrons. The molecule has 1 unspecified atom stereocenters. The first-order valence-corrected chi connectivity index (χ1v) is 14.1. The normalized spacial score (nSPS) is 12.1. The second kappa shape index (κ2) is 11.2. The Kier molecular flexibility index (Phi) is 7.60. The van der Waals surface area contributed by atoms with E-state index in [2.05, 4.69) is 35.8 Å². The van der Waals surface area contributed by atoms with Gasteiger partial charge in [0.2, 0.25) is 0 Å². The minimum Gasteiger partial charge on any atom is -0.323 e. The lowest BCUT2D eigenvalue weighted by Gasteiger charge is -2.18. The Hall–Kier alpha value is -3.59. The van der Waals surface area contributed by atoms with Gasteiger partial charge < -0.3 is 4.57 Å². The summed E-state index contributed by atoms with van der Waals surface area (Å²) in [5.41, 5.74) is 5.22. The highest BCUT2D eigenvalue weighted by molar-refractivity contribution is 7.82. The maximum Gasteiger partial charge on any atom is 0.272 e. The van der Waals surface area contributed by atoms with E-state index in [1.165, 1.54) is 11.3 Å². The molecule has 0 bridgehead atoms. The van der Waals surface area contributed by atoms with Gasteiger partial charge in [-0.1, -0.05) is 67.9 Å². The van der Waals surface area contributed by atoms with E-state index in [9.17, 15) is 13.6 Å². The second-order valence-electron chi connectivity index (χ2n) is 8.74. The third kappa shape index (κ3) is 5.27. The number of carbonyl (C=O) groups excluding carboxylic acids is 1. The van der Waals surface area contributed by atoms with Crippen molar-refractivity contribution < 1.29 is 13.6 Å². The van der Waals surface area contributed by atoms with Crippen LogP contribution in [0.3, 0.4) is 0 Å². The summed E-state index contributed by atoms with van der Waals surface area (Å²) in [4.78, 5) is 18.0. The molecule has 37 heavy (non-hydrogen) atoms. The van der Waals surface area contributed by atoms with Crippen LogP contribution in [0.4, 0.5) is 5.00 Å². The van der Waals surface area contributed by atoms with Gasteiger partial charge in [0, 0.05) is 24.1 Å². The molecule has 0 aliphatic carbocycles. The number of amides is 1. The summed E-state index contributed by atoms with van der Waals surface area (Å²) in [5.74, 6) is 0.570. The van der Waals surface area contributed by atoms with Crippen molar-refractivity contribution in [1.29, 1.82) is 0 Å². The average molecular weight is 530 g/mol. The summed E-state index contributed by atoms with van der Waals surface area (Å²) in [5, 5.41) is 2.26. The van der Waals surface area contributed by atoms with Crippen LogP contribution in [0.5, 0.6) is 0 Å². The zero-order valence-corrected chi connectivity index (χ0v) is 22.0. The number of aryl methyl sites for hydroxylation is 1. The quantitative estimate of drug-likeness (QED) is 0.210. The summed E-state index contributed by atoms with van der Waals surface area (Å²) < 4.78 is 25.5. The summed E-state index contributed by atoms with van der Waals surface area (Å²) in [6, 6.07) is 26.8. The number of aromatic nitrogens is 2. The summed E-state index contributed by atoms with van der Waals surface area (Å²) in [6.45, 7) is 2.89. The monoisotopic (exact) mass is 529 g/mol. The van der Waals surface area contributed by atoms with Gasteiger partial charge in [-0.05, 0) is 53.3 Å². The number of nitrogens with zero attached hydrogens (tertiary/aromatic N) is 3. The molecule has 2 aromatic heterocycles. The number of anilines is 1. The third-order valence-corrected chi connectivity index (χ3v) is 7.96. The highest BCUT2D eigenvalue weighted by Gasteiger charge is 2.27. The van der Waals surface area contributed by atoms with Gasteiger partial charge in [0.25, 0.3) is 17.2 Å². The molecule has 5 aromatic rings. The van der Waals surface area contributed by atoms with Crippen molar-refractivity contribution in [1.82, 2.24) is 9.55 Å². The molecule has 6 nitrogen and oxygen atoms in total. The van der Waals surface area contributed by atoms with Crippen LogP contribution in [0.1, 0.15) is 41.5 Å². The fraction of sp³-hybridized carbons (Fsp3) is 0.172. The topological polar surface area (TPSA) is 75.4 Å². The molecule has 3 aromatic carbocycles. The van der Waals surface area contributed by atoms with E-state index in [4.69, 9.17) is 4.98 Å². The van der Waals surface area contributed by atoms with E-state index in [1.54, 1.807) is 30.3 Å². The molecule has 5 rings (SSSR count). The predicted molar refractivity (Wildman–Crippen MR) is 151 cm³/mol. The fourth-order valence-electron chi connectivity index (χ4n) is 4.41. The van der Waals surface area contributed by atoms with E-state index in [0.717, 1.165) is 57.1 Å². The van der Waals surface area contributed by atoms with Crippen LogP contribution in [0.2, 0.25) is 0 Å². The van der Waals surface area contributed by atoms with Crippen molar-refractivity contribution in [2.24, 2.45) is 0 Å². The van der Waals surface area contributed by atoms with E-state index < -0.39 is 17.2 Å². The highest BCUT2D eigenvalue weighted by Crippen LogP contribution is 2.37. The fourth-order valence-corrected chi connectivity index (χ4v) is 6.04. The lowest BCUT2D eigenvalue weighted by molar-refractivity contribution is 0.101. The number of unbranched alkanes of at least 4 members (excludes halogenated alkanes) is 1. The van der Waals surface area contributed by atoms with Crippen LogP contribution in [0.15, 0.2) is 90.3 Å². The highest BCUT2D eigenvalue weighted by atomic mass is 32.2. The number of fused-ring (bicyclic) bond motifs is 1. The number of benzene rings is 3. The third-order valence-electron chi connectivity index (χ3n) is 6.28. The molecular formula is C29H27N3O3S2. The first-order valence-electron chi connectivity index (χ1n) is 12.2. The Labute approximate surface area is 222 Å². The van der Waals surface area contributed by atoms with Crippen molar-refractivity contribution in [3.05, 3.63) is 107 Å². The Morgan fingerprint density at radius 1 is 1.00 bits per heavy atom. The van der Waals surface area contributed by atoms with Crippen LogP contribution in [-0.4, -0.2) is 24.2 Å². The molecular weight excluding hydrogens is 502 g/mol. The van der Waals surface area contributed by atoms with Gasteiger partial charge in [0.15, 0.2) is 0 Å². The van der Waals surface area contributed by atoms with Gasteiger partial charge in [-0.15, -0.1) is 11.3 Å². The van der Waals surface area contributed by atoms with Crippen LogP contribution in [-0.2, 0) is 24.2 Å². The van der Waals surface area contributed by atoms with Gasteiger partial charge in [-0.2, -0.15) is 4.31 Å². The van der Waals surface area contributed by atoms with E-state index in [1.807, 2.05) is 35.7 Å². The van der Waals surface area contributed by atoms with Crippen LogP contribution < -0.4 is 4.31 Å². The van der Waals surface area contributed by atoms with E-state index in [0.29, 0.717) is 17.1 Å². The van der Waals surface area contributed by atoms with Crippen molar-refractivity contribution in [3.63, 3.8) is 0 Å². The number of hydrogen-bond acceptors (Lipinski definition) is 4. The van der Waals surface area contributed by atoms with Crippen LogP contribution >= 0.6 is 11.3 Å². The smallest absolute Gasteiger partial charge is 0.272 e. The van der Waals surface area contributed by atoms with E-state index >= 15 is 0 Å². The summed E-state index contributed by atoms with van der Waals surface area (Å²) in [7, 11) is 0. The van der Waals surface area contributed by atoms with Gasteiger partial charge in [0.1, 0.15) is 10.8 Å². The average Bonchev–Trinajstić information content (AvgIpc) is 3.53. The number of thiophene rings is 1. The van der Waals surface area contributed by atoms with Gasteiger partial charge in [-0.3, -0.25) is 9.35 Å². The number of para-hydroxylation sites is 2. The number of carbonyl (C=O) groups is 1. The lowest BCUT2D eigenvalue weighted by atomic mass is 10.1. The van der Waals surface area contributed by atoms with Crippen LogP contribution in [0.25, 0.3) is 22.2 Å². The molecule has 2 heterocycles. The summed E-state index contributed by atoms with van der Waals surface area (Å²) in [6.07, 6.45) is 3.14.